The lowest BCUT2D eigenvalue weighted by Gasteiger charge is -2.37. The van der Waals surface area contributed by atoms with Gasteiger partial charge in [0.15, 0.2) is 11.5 Å². The number of nitrogens with zero attached hydrogens (tertiary/aromatic N) is 2. The van der Waals surface area contributed by atoms with Gasteiger partial charge in [-0.15, -0.1) is 0 Å². The molecule has 2 aliphatic rings. The highest BCUT2D eigenvalue weighted by Gasteiger charge is 2.41. The minimum absolute atomic E-state index is 0.170. The zero-order valence-corrected chi connectivity index (χ0v) is 20.4. The SMILES string of the molecule is O=C(c1ccc(CN(Cc2ccccc2)Cc2ccc(C(F)(F)F)cc2)o1)N1CCC2(CC1)OCCO2. The van der Waals surface area contributed by atoms with Crippen molar-refractivity contribution in [1.82, 2.24) is 9.80 Å². The Bertz CT molecular complexity index is 1180. The van der Waals surface area contributed by atoms with E-state index in [1.165, 1.54) is 12.1 Å². The summed E-state index contributed by atoms with van der Waals surface area (Å²) in [5, 5.41) is 0. The third-order valence-corrected chi connectivity index (χ3v) is 6.81. The summed E-state index contributed by atoms with van der Waals surface area (Å²) in [4.78, 5) is 16.9. The lowest BCUT2D eigenvalue weighted by atomic mass is 10.0. The van der Waals surface area contributed by atoms with Crippen LogP contribution in [0.3, 0.4) is 0 Å². The van der Waals surface area contributed by atoms with E-state index in [4.69, 9.17) is 13.9 Å². The molecule has 6 nitrogen and oxygen atoms in total. The van der Waals surface area contributed by atoms with Gasteiger partial charge in [0.1, 0.15) is 5.76 Å². The van der Waals surface area contributed by atoms with Crippen molar-refractivity contribution in [1.29, 1.82) is 0 Å². The van der Waals surface area contributed by atoms with E-state index in [9.17, 15) is 18.0 Å². The third-order valence-electron chi connectivity index (χ3n) is 6.81. The van der Waals surface area contributed by atoms with Gasteiger partial charge in [0, 0.05) is 39.0 Å². The molecule has 37 heavy (non-hydrogen) atoms. The fourth-order valence-corrected chi connectivity index (χ4v) is 4.86. The minimum Gasteiger partial charge on any atom is -0.455 e. The number of rotatable bonds is 7. The van der Waals surface area contributed by atoms with Crippen molar-refractivity contribution in [2.75, 3.05) is 26.3 Å². The quantitative estimate of drug-likeness (QED) is 0.418. The van der Waals surface area contributed by atoms with Gasteiger partial charge in [0.2, 0.25) is 0 Å². The first-order chi connectivity index (χ1) is 17.8. The number of halogens is 3. The van der Waals surface area contributed by atoms with Gasteiger partial charge in [0.25, 0.3) is 5.91 Å². The smallest absolute Gasteiger partial charge is 0.416 e. The maximum atomic E-state index is 13.0. The van der Waals surface area contributed by atoms with E-state index in [1.807, 2.05) is 30.3 Å². The van der Waals surface area contributed by atoms with Crippen LogP contribution in [-0.2, 0) is 35.3 Å². The second kappa shape index (κ2) is 10.7. The lowest BCUT2D eigenvalue weighted by molar-refractivity contribution is -0.181. The molecule has 2 fully saturated rings. The predicted octanol–water partition coefficient (Wildman–Crippen LogP) is 5.48. The van der Waals surface area contributed by atoms with Crippen LogP contribution in [0.15, 0.2) is 71.1 Å². The second-order valence-corrected chi connectivity index (χ2v) is 9.49. The summed E-state index contributed by atoms with van der Waals surface area (Å²) in [6, 6.07) is 18.5. The number of carbonyl (C=O) groups is 1. The van der Waals surface area contributed by atoms with Crippen molar-refractivity contribution in [3.63, 3.8) is 0 Å². The maximum Gasteiger partial charge on any atom is 0.416 e. The van der Waals surface area contributed by atoms with E-state index in [-0.39, 0.29) is 11.7 Å². The molecular weight excluding hydrogens is 485 g/mol. The molecule has 196 valence electrons. The lowest BCUT2D eigenvalue weighted by Crippen LogP contribution is -2.47. The van der Waals surface area contributed by atoms with Crippen LogP contribution in [0.4, 0.5) is 13.2 Å². The number of piperidine rings is 1. The van der Waals surface area contributed by atoms with Gasteiger partial charge >= 0.3 is 6.18 Å². The van der Waals surface area contributed by atoms with Crippen LogP contribution in [-0.4, -0.2) is 47.8 Å². The summed E-state index contributed by atoms with van der Waals surface area (Å²) in [6.45, 7) is 3.62. The van der Waals surface area contributed by atoms with Crippen molar-refractivity contribution in [3.05, 3.63) is 94.9 Å². The highest BCUT2D eigenvalue weighted by atomic mass is 19.4. The predicted molar refractivity (Wildman–Crippen MR) is 129 cm³/mol. The summed E-state index contributed by atoms with van der Waals surface area (Å²) in [5.41, 5.74) is 1.15. The Balaban J connectivity index is 1.26. The van der Waals surface area contributed by atoms with Crippen LogP contribution in [0, 0.1) is 0 Å². The molecule has 2 aromatic carbocycles. The van der Waals surface area contributed by atoms with Crippen LogP contribution in [0.5, 0.6) is 0 Å². The average Bonchev–Trinajstić information content (AvgIpc) is 3.54. The highest BCUT2D eigenvalue weighted by molar-refractivity contribution is 5.91. The Morgan fingerprint density at radius 1 is 0.838 bits per heavy atom. The molecule has 2 saturated heterocycles. The second-order valence-electron chi connectivity index (χ2n) is 9.49. The molecule has 5 rings (SSSR count). The first kappa shape index (κ1) is 25.5. The molecule has 0 atom stereocenters. The topological polar surface area (TPSA) is 55.2 Å². The number of carbonyl (C=O) groups excluding carboxylic acids is 1. The standard InChI is InChI=1S/C28H29F3N2O4/c29-28(30,31)23-8-6-22(7-9-23)19-32(18-21-4-2-1-3-5-21)20-24-10-11-25(37-24)26(34)33-14-12-27(13-15-33)35-16-17-36-27/h1-11H,12-20H2. The molecule has 3 heterocycles. The molecule has 1 amide bonds. The molecule has 2 aliphatic heterocycles. The number of hydrogen-bond donors (Lipinski definition) is 0. The number of hydrogen-bond acceptors (Lipinski definition) is 5. The fraction of sp³-hybridized carbons (Fsp3) is 0.393. The molecule has 0 unspecified atom stereocenters. The van der Waals surface area contributed by atoms with Crippen molar-refractivity contribution in [3.8, 4) is 0 Å². The van der Waals surface area contributed by atoms with Gasteiger partial charge in [-0.3, -0.25) is 9.69 Å². The van der Waals surface area contributed by atoms with Crippen LogP contribution < -0.4 is 0 Å². The zero-order chi connectivity index (χ0) is 25.9. The third kappa shape index (κ3) is 6.23. The van der Waals surface area contributed by atoms with Crippen molar-refractivity contribution < 1.29 is 31.9 Å². The van der Waals surface area contributed by atoms with Gasteiger partial charge in [-0.2, -0.15) is 13.2 Å². The molecule has 0 aliphatic carbocycles. The molecule has 1 spiro atoms. The van der Waals surface area contributed by atoms with Gasteiger partial charge < -0.3 is 18.8 Å². The van der Waals surface area contributed by atoms with Crippen LogP contribution >= 0.6 is 0 Å². The Morgan fingerprint density at radius 2 is 1.46 bits per heavy atom. The van der Waals surface area contributed by atoms with Crippen LogP contribution in [0.1, 0.15) is 45.8 Å². The summed E-state index contributed by atoms with van der Waals surface area (Å²) < 4.78 is 56.3. The summed E-state index contributed by atoms with van der Waals surface area (Å²) in [5.74, 6) is 0.161. The highest BCUT2D eigenvalue weighted by Crippen LogP contribution is 2.32. The molecule has 0 N–H and O–H groups in total. The number of furan rings is 1. The van der Waals surface area contributed by atoms with E-state index >= 15 is 0 Å². The first-order valence-corrected chi connectivity index (χ1v) is 12.4. The Labute approximate surface area is 213 Å². The fourth-order valence-electron chi connectivity index (χ4n) is 4.86. The number of benzene rings is 2. The first-order valence-electron chi connectivity index (χ1n) is 12.4. The summed E-state index contributed by atoms with van der Waals surface area (Å²) >= 11 is 0. The number of likely N-dealkylation sites (tertiary alicyclic amines) is 1. The van der Waals surface area contributed by atoms with E-state index in [0.717, 1.165) is 23.3 Å². The van der Waals surface area contributed by atoms with E-state index in [0.29, 0.717) is 64.5 Å². The number of ether oxygens (including phenoxy) is 2. The monoisotopic (exact) mass is 514 g/mol. The minimum atomic E-state index is -4.37. The summed E-state index contributed by atoms with van der Waals surface area (Å²) in [6.07, 6.45) is -3.11. The van der Waals surface area contributed by atoms with Crippen molar-refractivity contribution in [2.45, 2.75) is 44.4 Å². The molecular formula is C28H29F3N2O4. The van der Waals surface area contributed by atoms with Gasteiger partial charge in [0.05, 0.1) is 25.3 Å². The van der Waals surface area contributed by atoms with Crippen molar-refractivity contribution >= 4 is 5.91 Å². The summed E-state index contributed by atoms with van der Waals surface area (Å²) in [7, 11) is 0. The van der Waals surface area contributed by atoms with Gasteiger partial charge in [-0.05, 0) is 35.4 Å². The maximum absolute atomic E-state index is 13.0. The number of alkyl halides is 3. The van der Waals surface area contributed by atoms with E-state index in [2.05, 4.69) is 4.90 Å². The Morgan fingerprint density at radius 3 is 2.08 bits per heavy atom. The van der Waals surface area contributed by atoms with E-state index < -0.39 is 17.5 Å². The molecule has 1 aromatic heterocycles. The molecule has 0 radical (unpaired) electrons. The largest absolute Gasteiger partial charge is 0.455 e. The normalized spacial score (nSPS) is 17.6. The van der Waals surface area contributed by atoms with Gasteiger partial charge in [-0.1, -0.05) is 42.5 Å². The average molecular weight is 515 g/mol. The molecule has 3 aromatic rings. The molecule has 0 bridgehead atoms. The zero-order valence-electron chi connectivity index (χ0n) is 20.4. The van der Waals surface area contributed by atoms with Crippen molar-refractivity contribution in [2.24, 2.45) is 0 Å². The molecule has 9 heteroatoms. The Kier molecular flexibility index (Phi) is 7.37. The molecule has 0 saturated carbocycles. The van der Waals surface area contributed by atoms with Crippen LogP contribution in [0.25, 0.3) is 0 Å². The Hall–Kier alpha value is -3.14. The van der Waals surface area contributed by atoms with E-state index in [1.54, 1.807) is 17.0 Å². The van der Waals surface area contributed by atoms with Gasteiger partial charge in [-0.25, -0.2) is 0 Å². The number of amides is 1. The van der Waals surface area contributed by atoms with Crippen LogP contribution in [0.2, 0.25) is 0 Å².